The first-order valence-electron chi connectivity index (χ1n) is 8.64. The van der Waals surface area contributed by atoms with Crippen LogP contribution in [0.1, 0.15) is 50.1 Å². The summed E-state index contributed by atoms with van der Waals surface area (Å²) >= 11 is 0. The van der Waals surface area contributed by atoms with Gasteiger partial charge in [0.25, 0.3) is 17.7 Å². The Labute approximate surface area is 150 Å². The third-order valence-electron chi connectivity index (χ3n) is 5.00. The molecule has 2 heterocycles. The summed E-state index contributed by atoms with van der Waals surface area (Å²) in [5.41, 5.74) is 1.37. The minimum absolute atomic E-state index is 0.0647. The number of carbonyl (C=O) groups is 4. The zero-order chi connectivity index (χ0) is 18.9. The van der Waals surface area contributed by atoms with Gasteiger partial charge in [-0.2, -0.15) is 5.01 Å². The number of urea groups is 1. The van der Waals surface area contributed by atoms with Gasteiger partial charge in [-0.3, -0.25) is 19.8 Å². The smallest absolute Gasteiger partial charge is 0.344 e. The number of carbonyl (C=O) groups excluding carboxylic acids is 4. The van der Waals surface area contributed by atoms with E-state index in [1.54, 1.807) is 6.07 Å². The first-order valence-corrected chi connectivity index (χ1v) is 8.64. The van der Waals surface area contributed by atoms with E-state index < -0.39 is 35.3 Å². The summed E-state index contributed by atoms with van der Waals surface area (Å²) in [6, 6.07) is 1.40. The molecule has 1 saturated carbocycles. The van der Waals surface area contributed by atoms with Crippen LogP contribution < -0.4 is 16.1 Å². The summed E-state index contributed by atoms with van der Waals surface area (Å²) in [5, 5.41) is 5.88. The van der Waals surface area contributed by atoms with Gasteiger partial charge in [0.1, 0.15) is 11.6 Å². The number of rotatable bonds is 4. The van der Waals surface area contributed by atoms with Crippen molar-refractivity contribution in [2.24, 2.45) is 5.92 Å². The molecule has 3 N–H and O–H groups in total. The van der Waals surface area contributed by atoms with Crippen molar-refractivity contribution < 1.29 is 23.6 Å². The van der Waals surface area contributed by atoms with Gasteiger partial charge in [0.2, 0.25) is 0 Å². The maximum Gasteiger partial charge on any atom is 0.344 e. The molecule has 2 aliphatic rings. The summed E-state index contributed by atoms with van der Waals surface area (Å²) in [6.45, 7) is 3.56. The summed E-state index contributed by atoms with van der Waals surface area (Å²) in [7, 11) is 0. The number of imide groups is 1. The number of amides is 5. The monoisotopic (exact) mass is 362 g/mol. The van der Waals surface area contributed by atoms with Crippen LogP contribution in [0.4, 0.5) is 4.79 Å². The van der Waals surface area contributed by atoms with Crippen LogP contribution in [0, 0.1) is 5.92 Å². The van der Waals surface area contributed by atoms with Crippen LogP contribution in [0.25, 0.3) is 0 Å². The lowest BCUT2D eigenvalue weighted by Crippen LogP contribution is -2.55. The fourth-order valence-corrected chi connectivity index (χ4v) is 3.26. The van der Waals surface area contributed by atoms with Crippen molar-refractivity contribution >= 4 is 23.8 Å². The zero-order valence-corrected chi connectivity index (χ0v) is 14.7. The Morgan fingerprint density at radius 1 is 1.35 bits per heavy atom. The highest BCUT2D eigenvalue weighted by molar-refractivity contribution is 6.08. The van der Waals surface area contributed by atoms with E-state index in [1.165, 1.54) is 19.3 Å². The van der Waals surface area contributed by atoms with Crippen LogP contribution in [0.15, 0.2) is 22.8 Å². The normalized spacial score (nSPS) is 26.5. The molecular formula is C17H22N4O5. The van der Waals surface area contributed by atoms with Crippen molar-refractivity contribution in [1.29, 1.82) is 0 Å². The number of hydrogen-bond donors (Lipinski definition) is 3. The van der Waals surface area contributed by atoms with Crippen molar-refractivity contribution in [3.63, 3.8) is 0 Å². The van der Waals surface area contributed by atoms with E-state index >= 15 is 0 Å². The quantitative estimate of drug-likeness (QED) is 0.688. The predicted octanol–water partition coefficient (Wildman–Crippen LogP) is 0.930. The van der Waals surface area contributed by atoms with Gasteiger partial charge >= 0.3 is 6.03 Å². The van der Waals surface area contributed by atoms with E-state index in [0.29, 0.717) is 23.8 Å². The molecule has 1 spiro atoms. The average Bonchev–Trinajstić information content (AvgIpc) is 3.21. The summed E-state index contributed by atoms with van der Waals surface area (Å²) in [6.07, 6.45) is 4.12. The lowest BCUT2D eigenvalue weighted by Gasteiger charge is -2.33. The van der Waals surface area contributed by atoms with Crippen molar-refractivity contribution in [3.05, 3.63) is 24.2 Å². The van der Waals surface area contributed by atoms with E-state index in [2.05, 4.69) is 23.0 Å². The van der Waals surface area contributed by atoms with Crippen molar-refractivity contribution in [1.82, 2.24) is 21.1 Å². The molecule has 2 fully saturated rings. The molecule has 1 unspecified atom stereocenters. The van der Waals surface area contributed by atoms with Gasteiger partial charge in [0.05, 0.1) is 6.26 Å². The molecule has 0 aromatic carbocycles. The summed E-state index contributed by atoms with van der Waals surface area (Å²) in [5.74, 6) is -1.12. The molecule has 26 heavy (non-hydrogen) atoms. The molecule has 1 aliphatic carbocycles. The fourth-order valence-electron chi connectivity index (χ4n) is 3.26. The van der Waals surface area contributed by atoms with Gasteiger partial charge in [0, 0.05) is 0 Å². The second-order valence-electron chi connectivity index (χ2n) is 6.98. The molecule has 5 amide bonds. The van der Waals surface area contributed by atoms with Crippen LogP contribution in [-0.4, -0.2) is 40.3 Å². The fraction of sp³-hybridized carbons (Fsp3) is 0.529. The maximum atomic E-state index is 12.7. The van der Waals surface area contributed by atoms with Gasteiger partial charge in [-0.1, -0.05) is 6.92 Å². The summed E-state index contributed by atoms with van der Waals surface area (Å²) in [4.78, 5) is 49.1. The van der Waals surface area contributed by atoms with Gasteiger partial charge in [-0.05, 0) is 50.7 Å². The second-order valence-corrected chi connectivity index (χ2v) is 6.98. The van der Waals surface area contributed by atoms with Crippen molar-refractivity contribution in [2.45, 2.75) is 51.1 Å². The number of hydrazine groups is 1. The molecule has 1 aliphatic heterocycles. The van der Waals surface area contributed by atoms with Crippen LogP contribution in [0.5, 0.6) is 0 Å². The van der Waals surface area contributed by atoms with Gasteiger partial charge in [-0.15, -0.1) is 0 Å². The molecule has 1 saturated heterocycles. The van der Waals surface area contributed by atoms with Crippen LogP contribution in [0.3, 0.4) is 0 Å². The van der Waals surface area contributed by atoms with Crippen molar-refractivity contribution in [2.75, 3.05) is 0 Å². The second kappa shape index (κ2) is 6.81. The molecular weight excluding hydrogens is 340 g/mol. The summed E-state index contributed by atoms with van der Waals surface area (Å²) < 4.78 is 4.95. The van der Waals surface area contributed by atoms with E-state index in [0.717, 1.165) is 12.8 Å². The highest BCUT2D eigenvalue weighted by Gasteiger charge is 2.53. The third-order valence-corrected chi connectivity index (χ3v) is 5.00. The highest BCUT2D eigenvalue weighted by atomic mass is 16.3. The van der Waals surface area contributed by atoms with E-state index in [4.69, 9.17) is 4.42 Å². The number of furan rings is 1. The minimum Gasteiger partial charge on any atom is -0.459 e. The number of hydrogen-bond acceptors (Lipinski definition) is 5. The SMILES string of the molecule is CC1CCC2(CC1)NC(=O)N(NC(=O)C(C)NC(=O)c1ccco1)C2=O. The number of nitrogens with zero attached hydrogens (tertiary/aromatic N) is 1. The molecule has 1 atom stereocenters. The highest BCUT2D eigenvalue weighted by Crippen LogP contribution is 2.35. The molecule has 140 valence electrons. The van der Waals surface area contributed by atoms with E-state index in [-0.39, 0.29) is 5.76 Å². The van der Waals surface area contributed by atoms with Crippen LogP contribution >= 0.6 is 0 Å². The Kier molecular flexibility index (Phi) is 4.71. The molecule has 9 heteroatoms. The Hall–Kier alpha value is -2.84. The lowest BCUT2D eigenvalue weighted by atomic mass is 9.77. The standard InChI is InChI=1S/C17H22N4O5/c1-10-5-7-17(8-6-10)15(24)21(16(25)19-17)20-13(22)11(2)18-14(23)12-4-3-9-26-12/h3-4,9-11H,5-8H2,1-2H3,(H,18,23)(H,19,25)(H,20,22). The van der Waals surface area contributed by atoms with Crippen LogP contribution in [0.2, 0.25) is 0 Å². The average molecular weight is 362 g/mol. The topological polar surface area (TPSA) is 121 Å². The van der Waals surface area contributed by atoms with Crippen molar-refractivity contribution in [3.8, 4) is 0 Å². The Morgan fingerprint density at radius 2 is 2.04 bits per heavy atom. The molecule has 1 aromatic heterocycles. The Bertz CT molecular complexity index is 722. The molecule has 3 rings (SSSR count). The lowest BCUT2D eigenvalue weighted by molar-refractivity contribution is -0.140. The van der Waals surface area contributed by atoms with Gasteiger partial charge < -0.3 is 15.1 Å². The predicted molar refractivity (Wildman–Crippen MR) is 89.5 cm³/mol. The molecule has 0 bridgehead atoms. The zero-order valence-electron chi connectivity index (χ0n) is 14.7. The van der Waals surface area contributed by atoms with Gasteiger partial charge in [-0.25, -0.2) is 4.79 Å². The van der Waals surface area contributed by atoms with Crippen LogP contribution in [-0.2, 0) is 9.59 Å². The minimum atomic E-state index is -0.962. The Balaban J connectivity index is 1.61. The first-order chi connectivity index (χ1) is 12.3. The first kappa shape index (κ1) is 18.0. The molecule has 0 radical (unpaired) electrons. The third kappa shape index (κ3) is 3.29. The molecule has 9 nitrogen and oxygen atoms in total. The number of nitrogens with one attached hydrogen (secondary N) is 3. The molecule has 1 aromatic rings. The largest absolute Gasteiger partial charge is 0.459 e. The van der Waals surface area contributed by atoms with E-state index in [1.807, 2.05) is 0 Å². The van der Waals surface area contributed by atoms with E-state index in [9.17, 15) is 19.2 Å². The van der Waals surface area contributed by atoms with Gasteiger partial charge in [0.15, 0.2) is 5.76 Å². The maximum absolute atomic E-state index is 12.7. The Morgan fingerprint density at radius 3 is 2.65 bits per heavy atom.